The molecular formula is C23H27N5O. The Morgan fingerprint density at radius 3 is 2.62 bits per heavy atom. The smallest absolute Gasteiger partial charge is 0.251 e. The van der Waals surface area contributed by atoms with E-state index in [9.17, 15) is 4.79 Å². The molecule has 1 N–H and O–H groups in total. The average Bonchev–Trinajstić information content (AvgIpc) is 3.02. The minimum Gasteiger partial charge on any atom is -0.345 e. The van der Waals surface area contributed by atoms with Crippen LogP contribution in [-0.4, -0.2) is 38.7 Å². The molecule has 1 amide bonds. The topological polar surface area (TPSA) is 63.1 Å². The number of carbonyl (C=O) groups excluding carboxylic acids is 1. The number of benzene rings is 2. The molecule has 0 radical (unpaired) electrons. The van der Waals surface area contributed by atoms with Gasteiger partial charge in [-0.2, -0.15) is 0 Å². The Bertz CT molecular complexity index is 996. The van der Waals surface area contributed by atoms with Crippen molar-refractivity contribution in [2.45, 2.75) is 39.9 Å². The van der Waals surface area contributed by atoms with Gasteiger partial charge >= 0.3 is 0 Å². The average molecular weight is 390 g/mol. The number of fused-ring (bicyclic) bond motifs is 1. The van der Waals surface area contributed by atoms with Crippen molar-refractivity contribution in [1.29, 1.82) is 0 Å². The summed E-state index contributed by atoms with van der Waals surface area (Å²) in [4.78, 5) is 14.8. The van der Waals surface area contributed by atoms with Gasteiger partial charge in [0.05, 0.1) is 6.54 Å². The van der Waals surface area contributed by atoms with Gasteiger partial charge in [-0.15, -0.1) is 10.2 Å². The van der Waals surface area contributed by atoms with Gasteiger partial charge < -0.3 is 9.88 Å². The molecule has 0 atom stereocenters. The minimum atomic E-state index is -0.0899. The number of nitrogens with zero attached hydrogens (tertiary/aromatic N) is 4. The number of aryl methyl sites for hydroxylation is 2. The van der Waals surface area contributed by atoms with E-state index in [1.165, 1.54) is 16.7 Å². The van der Waals surface area contributed by atoms with Crippen molar-refractivity contribution in [1.82, 2.24) is 25.0 Å². The summed E-state index contributed by atoms with van der Waals surface area (Å²) in [7, 11) is 0. The fourth-order valence-corrected chi connectivity index (χ4v) is 3.73. The van der Waals surface area contributed by atoms with E-state index in [1.54, 1.807) is 0 Å². The Hall–Kier alpha value is -2.99. The fourth-order valence-electron chi connectivity index (χ4n) is 3.73. The molecule has 0 aliphatic carbocycles. The van der Waals surface area contributed by atoms with Crippen LogP contribution in [0.4, 0.5) is 0 Å². The van der Waals surface area contributed by atoms with Crippen LogP contribution in [0.15, 0.2) is 48.5 Å². The maximum absolute atomic E-state index is 12.3. The lowest BCUT2D eigenvalue weighted by Crippen LogP contribution is -2.28. The highest BCUT2D eigenvalue weighted by molar-refractivity contribution is 5.93. The zero-order chi connectivity index (χ0) is 20.2. The van der Waals surface area contributed by atoms with Crippen molar-refractivity contribution in [2.75, 3.05) is 13.1 Å². The zero-order valence-corrected chi connectivity index (χ0v) is 17.1. The maximum atomic E-state index is 12.3. The lowest BCUT2D eigenvalue weighted by molar-refractivity contribution is 0.0949. The summed E-state index contributed by atoms with van der Waals surface area (Å²) < 4.78 is 2.16. The lowest BCUT2D eigenvalue weighted by atomic mass is 10.1. The minimum absolute atomic E-state index is 0.0899. The molecule has 1 aliphatic rings. The molecule has 6 heteroatoms. The first-order valence-corrected chi connectivity index (χ1v) is 10.1. The second-order valence-corrected chi connectivity index (χ2v) is 7.68. The first-order chi connectivity index (χ1) is 14.1. The molecule has 1 aliphatic heterocycles. The van der Waals surface area contributed by atoms with Gasteiger partial charge in [0.25, 0.3) is 5.91 Å². The Morgan fingerprint density at radius 1 is 1.00 bits per heavy atom. The molecule has 1 aromatic heterocycles. The summed E-state index contributed by atoms with van der Waals surface area (Å²) in [6, 6.07) is 15.9. The van der Waals surface area contributed by atoms with Crippen molar-refractivity contribution in [3.8, 4) is 0 Å². The number of rotatable bonds is 5. The van der Waals surface area contributed by atoms with E-state index in [2.05, 4.69) is 57.0 Å². The molecule has 0 saturated heterocycles. The van der Waals surface area contributed by atoms with Crippen LogP contribution in [0.3, 0.4) is 0 Å². The van der Waals surface area contributed by atoms with Gasteiger partial charge in [0.15, 0.2) is 5.82 Å². The highest BCUT2D eigenvalue weighted by Gasteiger charge is 2.19. The molecule has 2 heterocycles. The Kier molecular flexibility index (Phi) is 5.71. The van der Waals surface area contributed by atoms with Crippen molar-refractivity contribution in [3.05, 3.63) is 82.4 Å². The van der Waals surface area contributed by atoms with Crippen LogP contribution in [0.25, 0.3) is 0 Å². The zero-order valence-electron chi connectivity index (χ0n) is 17.1. The second-order valence-electron chi connectivity index (χ2n) is 7.68. The monoisotopic (exact) mass is 389 g/mol. The summed E-state index contributed by atoms with van der Waals surface area (Å²) in [6.45, 7) is 8.38. The van der Waals surface area contributed by atoms with Gasteiger partial charge in [0, 0.05) is 38.2 Å². The number of aromatic nitrogens is 3. The number of hydrogen-bond acceptors (Lipinski definition) is 4. The van der Waals surface area contributed by atoms with Gasteiger partial charge in [0.1, 0.15) is 5.82 Å². The predicted molar refractivity (Wildman–Crippen MR) is 113 cm³/mol. The fraction of sp³-hybridized carbons (Fsp3) is 0.348. The third kappa shape index (κ3) is 4.54. The van der Waals surface area contributed by atoms with Crippen LogP contribution in [0.2, 0.25) is 0 Å². The van der Waals surface area contributed by atoms with Gasteiger partial charge in [0.2, 0.25) is 0 Å². The van der Waals surface area contributed by atoms with E-state index in [0.29, 0.717) is 12.1 Å². The predicted octanol–water partition coefficient (Wildman–Crippen LogP) is 2.88. The first-order valence-electron chi connectivity index (χ1n) is 10.1. The number of amides is 1. The molecule has 0 spiro atoms. The van der Waals surface area contributed by atoms with Crippen molar-refractivity contribution in [2.24, 2.45) is 0 Å². The van der Waals surface area contributed by atoms with Crippen molar-refractivity contribution >= 4 is 5.91 Å². The Labute approximate surface area is 171 Å². The quantitative estimate of drug-likeness (QED) is 0.729. The largest absolute Gasteiger partial charge is 0.345 e. The van der Waals surface area contributed by atoms with Crippen molar-refractivity contribution in [3.63, 3.8) is 0 Å². The standard InChI is InChI=1S/C23H27N5O/c1-17-8-9-19(14-18(17)2)16-27-11-10-21-25-26-22(28(21)13-12-27)15-24-23(29)20-6-4-3-5-7-20/h3-9,14H,10-13,15-16H2,1-2H3,(H,24,29). The Balaban J connectivity index is 1.37. The van der Waals surface area contributed by atoms with E-state index in [0.717, 1.165) is 44.2 Å². The molecular weight excluding hydrogens is 362 g/mol. The summed E-state index contributed by atoms with van der Waals surface area (Å²) in [5.74, 6) is 1.72. The van der Waals surface area contributed by atoms with E-state index in [1.807, 2.05) is 30.3 Å². The third-order valence-electron chi connectivity index (χ3n) is 5.62. The van der Waals surface area contributed by atoms with Gasteiger partial charge in [-0.1, -0.05) is 36.4 Å². The number of hydrogen-bond donors (Lipinski definition) is 1. The highest BCUT2D eigenvalue weighted by Crippen LogP contribution is 2.15. The maximum Gasteiger partial charge on any atom is 0.251 e. The molecule has 0 bridgehead atoms. The molecule has 4 rings (SSSR count). The van der Waals surface area contributed by atoms with Crippen LogP contribution in [0.1, 0.15) is 38.7 Å². The van der Waals surface area contributed by atoms with Crippen LogP contribution < -0.4 is 5.32 Å². The number of nitrogens with one attached hydrogen (secondary N) is 1. The van der Waals surface area contributed by atoms with Crippen LogP contribution in [-0.2, 0) is 26.1 Å². The summed E-state index contributed by atoms with van der Waals surface area (Å²) in [5, 5.41) is 11.6. The van der Waals surface area contributed by atoms with E-state index in [4.69, 9.17) is 0 Å². The molecule has 6 nitrogen and oxygen atoms in total. The molecule has 2 aromatic carbocycles. The SMILES string of the molecule is Cc1ccc(CN2CCc3nnc(CNC(=O)c4ccccc4)n3CC2)cc1C. The second kappa shape index (κ2) is 8.57. The molecule has 0 fully saturated rings. The summed E-state index contributed by atoms with van der Waals surface area (Å²) >= 11 is 0. The molecule has 0 unspecified atom stereocenters. The van der Waals surface area contributed by atoms with Gasteiger partial charge in [-0.3, -0.25) is 9.69 Å². The highest BCUT2D eigenvalue weighted by atomic mass is 16.1. The van der Waals surface area contributed by atoms with E-state index < -0.39 is 0 Å². The molecule has 29 heavy (non-hydrogen) atoms. The van der Waals surface area contributed by atoms with Crippen LogP contribution in [0.5, 0.6) is 0 Å². The first kappa shape index (κ1) is 19.3. The molecule has 0 saturated carbocycles. The van der Waals surface area contributed by atoms with Crippen LogP contribution >= 0.6 is 0 Å². The molecule has 150 valence electrons. The molecule has 3 aromatic rings. The van der Waals surface area contributed by atoms with E-state index >= 15 is 0 Å². The van der Waals surface area contributed by atoms with Crippen LogP contribution in [0, 0.1) is 13.8 Å². The van der Waals surface area contributed by atoms with Gasteiger partial charge in [-0.05, 0) is 42.7 Å². The normalized spacial score (nSPS) is 14.3. The lowest BCUT2D eigenvalue weighted by Gasteiger charge is -2.20. The van der Waals surface area contributed by atoms with Crippen molar-refractivity contribution < 1.29 is 4.79 Å². The number of carbonyl (C=O) groups is 1. The third-order valence-corrected chi connectivity index (χ3v) is 5.62. The summed E-state index contributed by atoms with van der Waals surface area (Å²) in [5.41, 5.74) is 4.67. The summed E-state index contributed by atoms with van der Waals surface area (Å²) in [6.07, 6.45) is 0.866. The Morgan fingerprint density at radius 2 is 1.83 bits per heavy atom. The van der Waals surface area contributed by atoms with Gasteiger partial charge in [-0.25, -0.2) is 0 Å². The van der Waals surface area contributed by atoms with E-state index in [-0.39, 0.29) is 5.91 Å².